The zero-order valence-corrected chi connectivity index (χ0v) is 16.7. The maximum absolute atomic E-state index is 12.8. The van der Waals surface area contributed by atoms with E-state index in [2.05, 4.69) is 17.1 Å². The Bertz CT molecular complexity index is 1150. The molecule has 0 amide bonds. The minimum absolute atomic E-state index is 0.0658. The third kappa shape index (κ3) is 3.58. The molecule has 0 aliphatic carbocycles. The lowest BCUT2D eigenvalue weighted by Gasteiger charge is -2.37. The summed E-state index contributed by atoms with van der Waals surface area (Å²) in [4.78, 5) is 26.4. The van der Waals surface area contributed by atoms with Crippen LogP contribution in [-0.2, 0) is 0 Å². The molecule has 1 aromatic heterocycles. The van der Waals surface area contributed by atoms with Crippen LogP contribution in [0.4, 0.5) is 11.6 Å². The minimum Gasteiger partial charge on any atom is -0.478 e. The Kier molecular flexibility index (Phi) is 4.78. The minimum atomic E-state index is -0.991. The number of carboxylic acid groups (broad SMARTS) is 1. The van der Waals surface area contributed by atoms with Crippen molar-refractivity contribution in [1.82, 2.24) is 0 Å². The maximum Gasteiger partial charge on any atom is 0.337 e. The third-order valence-corrected chi connectivity index (χ3v) is 5.36. The molecule has 1 unspecified atom stereocenters. The van der Waals surface area contributed by atoms with Crippen molar-refractivity contribution in [1.29, 1.82) is 0 Å². The molecule has 6 nitrogen and oxygen atoms in total. The van der Waals surface area contributed by atoms with Crippen LogP contribution in [0.2, 0.25) is 0 Å². The van der Waals surface area contributed by atoms with Gasteiger partial charge in [0, 0.05) is 30.4 Å². The number of para-hydroxylation sites is 1. The van der Waals surface area contributed by atoms with Crippen molar-refractivity contribution < 1.29 is 14.3 Å². The molecule has 4 rings (SSSR count). The van der Waals surface area contributed by atoms with E-state index >= 15 is 0 Å². The molecular weight excluding hydrogens is 368 g/mol. The topological polar surface area (TPSA) is 82.8 Å². The standard InChI is InChI=1S/C23H24N2O4/c1-13-8-17(15(3)24-19-7-5-4-6-16(19)23(27)28)22-18(9-13)20(26)10-21(29-22)25-11-14(2)12-25/h4-10,14-15,24H,11-12H2,1-3H3,(H,27,28). The number of carboxylic acids is 1. The molecule has 2 N–H and O–H groups in total. The number of aryl methyl sites for hydroxylation is 1. The molecule has 1 aliphatic rings. The van der Waals surface area contributed by atoms with Crippen molar-refractivity contribution in [2.24, 2.45) is 5.92 Å². The number of fused-ring (bicyclic) bond motifs is 1. The second kappa shape index (κ2) is 7.28. The molecule has 6 heteroatoms. The fourth-order valence-electron chi connectivity index (χ4n) is 3.88. The SMILES string of the molecule is Cc1cc(C(C)Nc2ccccc2C(=O)O)c2oc(N3CC(C)C3)cc(=O)c2c1. The molecule has 0 radical (unpaired) electrons. The van der Waals surface area contributed by atoms with Gasteiger partial charge in [0.1, 0.15) is 5.58 Å². The Labute approximate surface area is 168 Å². The van der Waals surface area contributed by atoms with E-state index in [0.29, 0.717) is 28.5 Å². The van der Waals surface area contributed by atoms with Gasteiger partial charge in [-0.05, 0) is 43.5 Å². The van der Waals surface area contributed by atoms with Crippen LogP contribution in [0.15, 0.2) is 51.7 Å². The Hall–Kier alpha value is -3.28. The van der Waals surface area contributed by atoms with E-state index in [9.17, 15) is 14.7 Å². The van der Waals surface area contributed by atoms with Crippen LogP contribution in [0.1, 0.15) is 41.4 Å². The second-order valence-electron chi connectivity index (χ2n) is 7.91. The molecule has 2 heterocycles. The first-order valence-corrected chi connectivity index (χ1v) is 9.75. The lowest BCUT2D eigenvalue weighted by atomic mass is 10.00. The molecule has 0 saturated carbocycles. The number of carbonyl (C=O) groups is 1. The first-order valence-electron chi connectivity index (χ1n) is 9.75. The zero-order chi connectivity index (χ0) is 20.7. The van der Waals surface area contributed by atoms with Crippen molar-refractivity contribution >= 4 is 28.5 Å². The summed E-state index contributed by atoms with van der Waals surface area (Å²) in [5, 5.41) is 13.3. The summed E-state index contributed by atoms with van der Waals surface area (Å²) in [6, 6.07) is 11.9. The Morgan fingerprint density at radius 2 is 1.97 bits per heavy atom. The highest BCUT2D eigenvalue weighted by molar-refractivity contribution is 5.94. The molecule has 1 aliphatic heterocycles. The van der Waals surface area contributed by atoms with E-state index in [1.54, 1.807) is 30.3 Å². The molecule has 0 spiro atoms. The van der Waals surface area contributed by atoms with Crippen LogP contribution in [0.5, 0.6) is 0 Å². The summed E-state index contributed by atoms with van der Waals surface area (Å²) in [5.41, 5.74) is 2.98. The molecule has 2 aromatic carbocycles. The number of aromatic carboxylic acids is 1. The lowest BCUT2D eigenvalue weighted by Crippen LogP contribution is -2.45. The largest absolute Gasteiger partial charge is 0.478 e. The van der Waals surface area contributed by atoms with Crippen LogP contribution in [0, 0.1) is 12.8 Å². The number of nitrogens with zero attached hydrogens (tertiary/aromatic N) is 1. The fraction of sp³-hybridized carbons (Fsp3) is 0.304. The van der Waals surface area contributed by atoms with Crippen molar-refractivity contribution in [3.63, 3.8) is 0 Å². The molecule has 1 saturated heterocycles. The second-order valence-corrected chi connectivity index (χ2v) is 7.91. The Morgan fingerprint density at radius 3 is 2.66 bits per heavy atom. The van der Waals surface area contributed by atoms with Crippen molar-refractivity contribution in [3.8, 4) is 0 Å². The predicted molar refractivity (Wildman–Crippen MR) is 114 cm³/mol. The van der Waals surface area contributed by atoms with Gasteiger partial charge in [0.15, 0.2) is 11.3 Å². The summed E-state index contributed by atoms with van der Waals surface area (Å²) in [6.07, 6.45) is 0. The Morgan fingerprint density at radius 1 is 1.24 bits per heavy atom. The predicted octanol–water partition coefficient (Wildman–Crippen LogP) is 4.43. The van der Waals surface area contributed by atoms with Crippen LogP contribution >= 0.6 is 0 Å². The first kappa shape index (κ1) is 19.1. The van der Waals surface area contributed by atoms with E-state index in [4.69, 9.17) is 4.42 Å². The molecular formula is C23H24N2O4. The number of hydrogen-bond acceptors (Lipinski definition) is 5. The first-order chi connectivity index (χ1) is 13.8. The van der Waals surface area contributed by atoms with E-state index in [1.807, 2.05) is 26.0 Å². The quantitative estimate of drug-likeness (QED) is 0.668. The average Bonchev–Trinajstić information content (AvgIpc) is 2.65. The highest BCUT2D eigenvalue weighted by atomic mass is 16.4. The number of anilines is 2. The normalized spacial score (nSPS) is 15.2. The highest BCUT2D eigenvalue weighted by Crippen LogP contribution is 2.32. The maximum atomic E-state index is 12.8. The average molecular weight is 392 g/mol. The molecule has 3 aromatic rings. The van der Waals surface area contributed by atoms with Gasteiger partial charge in [0.2, 0.25) is 0 Å². The Balaban J connectivity index is 1.78. The fourth-order valence-corrected chi connectivity index (χ4v) is 3.88. The van der Waals surface area contributed by atoms with E-state index in [0.717, 1.165) is 24.2 Å². The van der Waals surface area contributed by atoms with Gasteiger partial charge in [0.05, 0.1) is 17.0 Å². The summed E-state index contributed by atoms with van der Waals surface area (Å²) in [6.45, 7) is 7.78. The van der Waals surface area contributed by atoms with Gasteiger partial charge in [-0.3, -0.25) is 4.79 Å². The number of benzene rings is 2. The van der Waals surface area contributed by atoms with Gasteiger partial charge >= 0.3 is 5.97 Å². The molecule has 150 valence electrons. The summed E-state index contributed by atoms with van der Waals surface area (Å²) < 4.78 is 6.19. The number of rotatable bonds is 5. The summed E-state index contributed by atoms with van der Waals surface area (Å²) in [7, 11) is 0. The molecule has 1 fully saturated rings. The van der Waals surface area contributed by atoms with Crippen LogP contribution in [-0.4, -0.2) is 24.2 Å². The summed E-state index contributed by atoms with van der Waals surface area (Å²) >= 11 is 0. The van der Waals surface area contributed by atoms with E-state index in [1.165, 1.54) is 0 Å². The van der Waals surface area contributed by atoms with Crippen LogP contribution in [0.3, 0.4) is 0 Å². The smallest absolute Gasteiger partial charge is 0.337 e. The molecule has 1 atom stereocenters. The van der Waals surface area contributed by atoms with E-state index < -0.39 is 5.97 Å². The van der Waals surface area contributed by atoms with Crippen LogP contribution in [0.25, 0.3) is 11.0 Å². The van der Waals surface area contributed by atoms with Crippen molar-refractivity contribution in [2.75, 3.05) is 23.3 Å². The van der Waals surface area contributed by atoms with Gasteiger partial charge in [-0.15, -0.1) is 0 Å². The van der Waals surface area contributed by atoms with Gasteiger partial charge < -0.3 is 19.7 Å². The molecule has 0 bridgehead atoms. The highest BCUT2D eigenvalue weighted by Gasteiger charge is 2.26. The lowest BCUT2D eigenvalue weighted by molar-refractivity contribution is 0.0698. The van der Waals surface area contributed by atoms with Gasteiger partial charge in [0.25, 0.3) is 0 Å². The van der Waals surface area contributed by atoms with Gasteiger partial charge in [-0.25, -0.2) is 4.79 Å². The summed E-state index contributed by atoms with van der Waals surface area (Å²) in [5.74, 6) is 0.181. The number of nitrogens with one attached hydrogen (secondary N) is 1. The molecule has 29 heavy (non-hydrogen) atoms. The van der Waals surface area contributed by atoms with Gasteiger partial charge in [-0.1, -0.05) is 25.1 Å². The number of hydrogen-bond donors (Lipinski definition) is 2. The van der Waals surface area contributed by atoms with Crippen molar-refractivity contribution in [2.45, 2.75) is 26.8 Å². The van der Waals surface area contributed by atoms with Gasteiger partial charge in [-0.2, -0.15) is 0 Å². The van der Waals surface area contributed by atoms with Crippen molar-refractivity contribution in [3.05, 3.63) is 69.4 Å². The zero-order valence-electron chi connectivity index (χ0n) is 16.7. The third-order valence-electron chi connectivity index (χ3n) is 5.36. The monoisotopic (exact) mass is 392 g/mol. The van der Waals surface area contributed by atoms with E-state index in [-0.39, 0.29) is 17.0 Å². The van der Waals surface area contributed by atoms with Crippen LogP contribution < -0.4 is 15.6 Å².